The minimum absolute atomic E-state index is 0.0430. The van der Waals surface area contributed by atoms with Crippen molar-refractivity contribution in [1.82, 2.24) is 19.8 Å². The lowest BCUT2D eigenvalue weighted by atomic mass is 10.0. The summed E-state index contributed by atoms with van der Waals surface area (Å²) in [4.78, 5) is 37.5. The van der Waals surface area contributed by atoms with E-state index in [0.717, 1.165) is 23.2 Å². The van der Waals surface area contributed by atoms with Gasteiger partial charge in [-0.25, -0.2) is 17.9 Å². The normalized spacial score (nSPS) is 12.5. The van der Waals surface area contributed by atoms with Crippen molar-refractivity contribution in [2.24, 2.45) is 0 Å². The van der Waals surface area contributed by atoms with Gasteiger partial charge < -0.3 is 15.5 Å². The third-order valence-corrected chi connectivity index (χ3v) is 9.28. The summed E-state index contributed by atoms with van der Waals surface area (Å²) in [6, 6.07) is 31.3. The number of carboxylic acids is 1. The van der Waals surface area contributed by atoms with Crippen molar-refractivity contribution in [3.05, 3.63) is 143 Å². The Hall–Kier alpha value is -5.59. The highest BCUT2D eigenvalue weighted by atomic mass is 32.2. The van der Waals surface area contributed by atoms with Crippen molar-refractivity contribution in [2.45, 2.75) is 49.8 Å². The van der Waals surface area contributed by atoms with Crippen LogP contribution in [-0.4, -0.2) is 58.3 Å². The predicted molar refractivity (Wildman–Crippen MR) is 183 cm³/mol. The maximum absolute atomic E-state index is 13.3. The molecule has 1 aromatic heterocycles. The summed E-state index contributed by atoms with van der Waals surface area (Å²) in [6.07, 6.45) is -0.297. The zero-order chi connectivity index (χ0) is 35.0. The SMILES string of the molecule is CCCc1cc(C(=O)N[C@H](Cc2ccccc2)[C@@H](O)C(=O)O)nn1Cc1ccc(-c2ccccc2S(=O)(=O)NC(=O)c2ccccc2)cc1. The Morgan fingerprint density at radius 1 is 0.816 bits per heavy atom. The molecule has 5 rings (SSSR count). The Bertz CT molecular complexity index is 2030. The number of aromatic nitrogens is 2. The highest BCUT2D eigenvalue weighted by Gasteiger charge is 2.29. The molecule has 0 fully saturated rings. The smallest absolute Gasteiger partial charge is 0.334 e. The van der Waals surface area contributed by atoms with Gasteiger partial charge in [-0.05, 0) is 53.8 Å². The Kier molecular flexibility index (Phi) is 11.0. The molecule has 0 radical (unpaired) electrons. The van der Waals surface area contributed by atoms with E-state index in [4.69, 9.17) is 0 Å². The molecule has 4 aromatic carbocycles. The molecule has 0 aliphatic heterocycles. The number of carbonyl (C=O) groups excluding carboxylic acids is 2. The molecule has 0 saturated heterocycles. The molecular weight excluding hydrogens is 644 g/mol. The Labute approximate surface area is 284 Å². The number of carbonyl (C=O) groups is 3. The zero-order valence-electron chi connectivity index (χ0n) is 26.7. The van der Waals surface area contributed by atoms with Crippen molar-refractivity contribution >= 4 is 27.8 Å². The summed E-state index contributed by atoms with van der Waals surface area (Å²) in [5, 5.41) is 27.0. The van der Waals surface area contributed by atoms with Gasteiger partial charge in [0, 0.05) is 16.8 Å². The number of benzene rings is 4. The van der Waals surface area contributed by atoms with E-state index in [0.29, 0.717) is 24.1 Å². The van der Waals surface area contributed by atoms with Crippen molar-refractivity contribution in [1.29, 1.82) is 0 Å². The summed E-state index contributed by atoms with van der Waals surface area (Å²) in [5.41, 5.74) is 3.73. The molecule has 49 heavy (non-hydrogen) atoms. The van der Waals surface area contributed by atoms with Gasteiger partial charge in [0.1, 0.15) is 5.69 Å². The van der Waals surface area contributed by atoms with E-state index in [2.05, 4.69) is 15.1 Å². The number of sulfonamides is 1. The second kappa shape index (κ2) is 15.5. The maximum Gasteiger partial charge on any atom is 0.334 e. The number of rotatable bonds is 14. The van der Waals surface area contributed by atoms with Gasteiger partial charge in [-0.2, -0.15) is 5.10 Å². The van der Waals surface area contributed by atoms with Gasteiger partial charge in [0.25, 0.3) is 21.8 Å². The molecule has 5 aromatic rings. The van der Waals surface area contributed by atoms with E-state index in [1.807, 2.05) is 25.1 Å². The molecule has 11 nitrogen and oxygen atoms in total. The summed E-state index contributed by atoms with van der Waals surface area (Å²) < 4.78 is 30.4. The number of nitrogens with zero attached hydrogens (tertiary/aromatic N) is 2. The number of aliphatic hydroxyl groups is 1. The summed E-state index contributed by atoms with van der Waals surface area (Å²) >= 11 is 0. The number of hydrogen-bond donors (Lipinski definition) is 4. The standard InChI is InChI=1S/C37H36N4O7S/c1-2-11-29-23-32(36(44)38-31(34(42)37(45)46)22-25-12-5-3-6-13-25)39-41(29)24-26-18-20-27(21-19-26)30-16-9-10-17-33(30)49(47,48)40-35(43)28-14-7-4-8-15-28/h3-10,12-21,23,31,34,42H,2,11,22,24H2,1H3,(H,38,44)(H,40,43)(H,45,46)/t31-,34-/m1/s1. The van der Waals surface area contributed by atoms with Crippen LogP contribution in [0.1, 0.15) is 51.0 Å². The van der Waals surface area contributed by atoms with E-state index < -0.39 is 40.0 Å². The zero-order valence-corrected chi connectivity index (χ0v) is 27.5. The average molecular weight is 681 g/mol. The second-order valence-corrected chi connectivity index (χ2v) is 13.1. The first kappa shape index (κ1) is 34.7. The lowest BCUT2D eigenvalue weighted by Crippen LogP contribution is -2.48. The predicted octanol–water partition coefficient (Wildman–Crippen LogP) is 4.46. The maximum atomic E-state index is 13.3. The molecule has 0 aliphatic carbocycles. The van der Waals surface area contributed by atoms with Gasteiger partial charge in [0.2, 0.25) is 0 Å². The molecule has 0 spiro atoms. The number of aryl methyl sites for hydroxylation is 1. The number of nitrogens with one attached hydrogen (secondary N) is 2. The molecular formula is C37H36N4O7S. The summed E-state index contributed by atoms with van der Waals surface area (Å²) in [5.74, 6) is -2.78. The van der Waals surface area contributed by atoms with Crippen LogP contribution in [0.15, 0.2) is 120 Å². The Morgan fingerprint density at radius 3 is 2.10 bits per heavy atom. The fourth-order valence-electron chi connectivity index (χ4n) is 5.41. The molecule has 0 aliphatic rings. The van der Waals surface area contributed by atoms with Gasteiger partial charge >= 0.3 is 5.97 Å². The average Bonchev–Trinajstić information content (AvgIpc) is 3.50. The fraction of sp³-hybridized carbons (Fsp3) is 0.189. The monoisotopic (exact) mass is 680 g/mol. The minimum atomic E-state index is -4.20. The molecule has 4 N–H and O–H groups in total. The van der Waals surface area contributed by atoms with E-state index in [1.165, 1.54) is 18.2 Å². The van der Waals surface area contributed by atoms with Crippen LogP contribution >= 0.6 is 0 Å². The molecule has 0 unspecified atom stereocenters. The minimum Gasteiger partial charge on any atom is -0.479 e. The molecule has 252 valence electrons. The van der Waals surface area contributed by atoms with E-state index >= 15 is 0 Å². The molecule has 2 amide bonds. The van der Waals surface area contributed by atoms with Crippen LogP contribution in [-0.2, 0) is 34.2 Å². The van der Waals surface area contributed by atoms with Gasteiger partial charge in [0.05, 0.1) is 17.5 Å². The van der Waals surface area contributed by atoms with E-state index in [-0.39, 0.29) is 22.6 Å². The number of hydrogen-bond acceptors (Lipinski definition) is 7. The molecule has 2 atom stereocenters. The third-order valence-electron chi connectivity index (χ3n) is 7.89. The van der Waals surface area contributed by atoms with Crippen LogP contribution < -0.4 is 10.0 Å². The van der Waals surface area contributed by atoms with Crippen LogP contribution in [0.3, 0.4) is 0 Å². The van der Waals surface area contributed by atoms with Gasteiger partial charge in [-0.1, -0.05) is 104 Å². The van der Waals surface area contributed by atoms with Crippen molar-refractivity contribution in [3.63, 3.8) is 0 Å². The quantitative estimate of drug-likeness (QED) is 0.133. The van der Waals surface area contributed by atoms with Crippen molar-refractivity contribution in [3.8, 4) is 11.1 Å². The Balaban J connectivity index is 1.34. The first-order chi connectivity index (χ1) is 23.6. The van der Waals surface area contributed by atoms with Gasteiger partial charge in [-0.15, -0.1) is 0 Å². The summed E-state index contributed by atoms with van der Waals surface area (Å²) in [7, 11) is -4.20. The number of aliphatic carboxylic acids is 1. The fourth-order valence-corrected chi connectivity index (χ4v) is 6.62. The Morgan fingerprint density at radius 2 is 1.45 bits per heavy atom. The highest BCUT2D eigenvalue weighted by Crippen LogP contribution is 2.28. The van der Waals surface area contributed by atoms with E-state index in [1.54, 1.807) is 83.5 Å². The summed E-state index contributed by atoms with van der Waals surface area (Å²) in [6.45, 7) is 2.31. The third kappa shape index (κ3) is 8.66. The van der Waals surface area contributed by atoms with Crippen molar-refractivity contribution < 1.29 is 33.0 Å². The molecule has 1 heterocycles. The van der Waals surface area contributed by atoms with Gasteiger partial charge in [-0.3, -0.25) is 14.3 Å². The van der Waals surface area contributed by atoms with Crippen LogP contribution in [0.25, 0.3) is 11.1 Å². The van der Waals surface area contributed by atoms with Crippen LogP contribution in [0.5, 0.6) is 0 Å². The topological polar surface area (TPSA) is 168 Å². The van der Waals surface area contributed by atoms with Crippen LogP contribution in [0.4, 0.5) is 0 Å². The lowest BCUT2D eigenvalue weighted by Gasteiger charge is -2.21. The lowest BCUT2D eigenvalue weighted by molar-refractivity contribution is -0.148. The van der Waals surface area contributed by atoms with Gasteiger partial charge in [0.15, 0.2) is 6.10 Å². The number of amides is 2. The molecule has 0 bridgehead atoms. The largest absolute Gasteiger partial charge is 0.479 e. The number of carboxylic acid groups (broad SMARTS) is 1. The first-order valence-electron chi connectivity index (χ1n) is 15.7. The van der Waals surface area contributed by atoms with Crippen LogP contribution in [0.2, 0.25) is 0 Å². The van der Waals surface area contributed by atoms with Crippen LogP contribution in [0, 0.1) is 0 Å². The molecule has 12 heteroatoms. The highest BCUT2D eigenvalue weighted by molar-refractivity contribution is 7.90. The second-order valence-electron chi connectivity index (χ2n) is 11.5. The van der Waals surface area contributed by atoms with E-state index in [9.17, 15) is 33.0 Å². The number of aliphatic hydroxyl groups excluding tert-OH is 1. The molecule has 0 saturated carbocycles. The van der Waals surface area contributed by atoms with Crippen molar-refractivity contribution in [2.75, 3.05) is 0 Å². The first-order valence-corrected chi connectivity index (χ1v) is 17.2.